The summed E-state index contributed by atoms with van der Waals surface area (Å²) in [5.74, 6) is 0.480. The van der Waals surface area contributed by atoms with Gasteiger partial charge in [-0.05, 0) is 25.7 Å². The summed E-state index contributed by atoms with van der Waals surface area (Å²) in [4.78, 5) is 37.0. The Bertz CT molecular complexity index is 3630. The Morgan fingerprint density at radius 1 is 0.276 bits per heavy atom. The molecule has 0 unspecified atom stereocenters. The van der Waals surface area contributed by atoms with E-state index in [0.29, 0.717) is 26.4 Å². The van der Waals surface area contributed by atoms with Crippen molar-refractivity contribution < 1.29 is 18.9 Å². The number of fused-ring (bicyclic) bond motifs is 20. The van der Waals surface area contributed by atoms with Gasteiger partial charge in [-0.1, -0.05) is 218 Å². The van der Waals surface area contributed by atoms with Crippen LogP contribution in [0, 0.1) is 0 Å². The minimum Gasteiger partial charge on any atom is -0.490 e. The maximum Gasteiger partial charge on any atom is 0.166 e. The number of unbranched alkanes of at least 4 members (excludes halogenated alkanes) is 8. The standard InChI is InChI=1S/C52H46Cl12N8O4/c1-5-9-13-17-73-41-33(57)25-21(29(53)37(41)61)45-65-46-22-27(35(59)43(38(62)30(22)54)75-19-15-11-7-3)51(67-46)72-52-28-24(32(56)40(64)44(36(28)60)76-20-16-12-8-4)48(71-52)70-50-26-23(47(69-50)68-49(25)66-45)31(55)39(63)42(34(26)58)74-18-14-10-6-2/h5-20H2,1-4H3,(H2,65,66,67,68,69,70,71,72). The van der Waals surface area contributed by atoms with Crippen LogP contribution in [-0.4, -0.2) is 66.3 Å². The van der Waals surface area contributed by atoms with Gasteiger partial charge in [-0.15, -0.1) is 0 Å². The van der Waals surface area contributed by atoms with Crippen molar-refractivity contribution in [1.29, 1.82) is 0 Å². The van der Waals surface area contributed by atoms with E-state index in [4.69, 9.17) is 188 Å². The Labute approximate surface area is 497 Å². The lowest BCUT2D eigenvalue weighted by atomic mass is 10.1. The van der Waals surface area contributed by atoms with E-state index in [1.54, 1.807) is 0 Å². The van der Waals surface area contributed by atoms with Gasteiger partial charge >= 0.3 is 0 Å². The topological polar surface area (TPSA) is 146 Å². The third-order valence-corrected chi connectivity index (χ3v) is 17.5. The van der Waals surface area contributed by atoms with Crippen LogP contribution in [0.2, 0.25) is 60.3 Å². The van der Waals surface area contributed by atoms with Crippen LogP contribution in [0.4, 0.5) is 0 Å². The monoisotopic (exact) mass is 1270 g/mol. The van der Waals surface area contributed by atoms with Crippen molar-refractivity contribution in [3.8, 4) is 68.5 Å². The SMILES string of the molecule is CCCCCOc1c(Cl)c(Cl)c2c(c1Cl)-c1nc-2nc2[nH]c(nc3nc(nc4[nH]c(n1)c1c(Cl)c(Cl)c(OCCCCC)c(Cl)c41)-c1c(Cl)c(OCCCCC)c(Cl)c(Cl)c1-3)c1c(Cl)c(Cl)c(OCCCCC)c(Cl)c21. The van der Waals surface area contributed by atoms with Crippen LogP contribution in [0.5, 0.6) is 23.0 Å². The molecule has 0 radical (unpaired) electrons. The zero-order valence-corrected chi connectivity index (χ0v) is 50.2. The summed E-state index contributed by atoms with van der Waals surface area (Å²) in [6, 6.07) is 0. The Balaban J connectivity index is 1.48. The summed E-state index contributed by atoms with van der Waals surface area (Å²) in [6.07, 6.45) is 10.3. The summed E-state index contributed by atoms with van der Waals surface area (Å²) in [7, 11) is 0. The van der Waals surface area contributed by atoms with E-state index < -0.39 is 0 Å². The number of nitrogens with one attached hydrogen (secondary N) is 2. The highest BCUT2D eigenvalue weighted by molar-refractivity contribution is 6.53. The first-order chi connectivity index (χ1) is 36.6. The van der Waals surface area contributed by atoms with Crippen LogP contribution in [0.15, 0.2) is 0 Å². The zero-order valence-electron chi connectivity index (χ0n) is 41.2. The van der Waals surface area contributed by atoms with Gasteiger partial charge in [0, 0.05) is 0 Å². The number of ether oxygens (including phenoxy) is 4. The van der Waals surface area contributed by atoms with Gasteiger partial charge in [0.1, 0.15) is 42.7 Å². The first-order valence-electron chi connectivity index (χ1n) is 24.8. The number of aromatic nitrogens is 8. The van der Waals surface area contributed by atoms with Crippen molar-refractivity contribution in [1.82, 2.24) is 39.9 Å². The molecule has 0 saturated carbocycles. The zero-order chi connectivity index (χ0) is 54.3. The molecule has 24 heteroatoms. The van der Waals surface area contributed by atoms with Gasteiger partial charge in [0.15, 0.2) is 46.3 Å². The molecule has 5 heterocycles. The average Bonchev–Trinajstić information content (AvgIpc) is 4.19. The van der Waals surface area contributed by atoms with Crippen molar-refractivity contribution in [2.24, 2.45) is 0 Å². The molecule has 76 heavy (non-hydrogen) atoms. The largest absolute Gasteiger partial charge is 0.490 e. The van der Waals surface area contributed by atoms with Gasteiger partial charge in [0.25, 0.3) is 0 Å². The molecule has 402 valence electrons. The van der Waals surface area contributed by atoms with Gasteiger partial charge in [-0.2, -0.15) is 0 Å². The highest BCUT2D eigenvalue weighted by Crippen LogP contribution is 2.56. The summed E-state index contributed by atoms with van der Waals surface area (Å²) < 4.78 is 25.0. The number of hydrogen-bond acceptors (Lipinski definition) is 10. The predicted molar refractivity (Wildman–Crippen MR) is 316 cm³/mol. The van der Waals surface area contributed by atoms with Crippen LogP contribution < -0.4 is 18.9 Å². The van der Waals surface area contributed by atoms with E-state index in [-0.39, 0.29) is 173 Å². The maximum absolute atomic E-state index is 7.38. The first-order valence-corrected chi connectivity index (χ1v) is 29.3. The highest BCUT2D eigenvalue weighted by atomic mass is 35.5. The molecule has 2 N–H and O–H groups in total. The lowest BCUT2D eigenvalue weighted by Crippen LogP contribution is -2.00. The lowest BCUT2D eigenvalue weighted by molar-refractivity contribution is 0.306. The fraction of sp³-hybridized carbons (Fsp3) is 0.385. The fourth-order valence-electron chi connectivity index (χ4n) is 8.88. The molecule has 9 rings (SSSR count). The van der Waals surface area contributed by atoms with Crippen LogP contribution >= 0.6 is 139 Å². The summed E-state index contributed by atoms with van der Waals surface area (Å²) in [6.45, 7) is 9.50. The smallest absolute Gasteiger partial charge is 0.166 e. The van der Waals surface area contributed by atoms with Crippen molar-refractivity contribution in [3.05, 3.63) is 60.3 Å². The predicted octanol–water partition coefficient (Wildman–Crippen LogP) is 21.0. The molecule has 0 saturated heterocycles. The van der Waals surface area contributed by atoms with E-state index in [1.165, 1.54) is 0 Å². The van der Waals surface area contributed by atoms with Crippen molar-refractivity contribution >= 4 is 183 Å². The van der Waals surface area contributed by atoms with Crippen molar-refractivity contribution in [2.45, 2.75) is 105 Å². The summed E-state index contributed by atoms with van der Waals surface area (Å²) in [5, 5.41) is 1.39. The minimum atomic E-state index is -0.00906. The normalized spacial score (nSPS) is 12.0. The third-order valence-electron chi connectivity index (χ3n) is 12.7. The molecule has 0 atom stereocenters. The van der Waals surface area contributed by atoms with Gasteiger partial charge in [-0.25, -0.2) is 29.9 Å². The molecule has 12 nitrogen and oxygen atoms in total. The minimum absolute atomic E-state index is 0.00196. The second-order valence-corrected chi connectivity index (χ2v) is 22.5. The number of halogens is 12. The Hall–Kier alpha value is -3.08. The highest BCUT2D eigenvalue weighted by Gasteiger charge is 2.35. The number of H-pyrrole nitrogens is 2. The lowest BCUT2D eigenvalue weighted by Gasteiger charge is -2.15. The first kappa shape index (κ1) is 57.6. The molecule has 8 bridgehead atoms. The van der Waals surface area contributed by atoms with E-state index in [0.717, 1.165) is 77.0 Å². The van der Waals surface area contributed by atoms with Gasteiger partial charge in [0.05, 0.1) is 110 Å². The van der Waals surface area contributed by atoms with E-state index >= 15 is 0 Å². The van der Waals surface area contributed by atoms with Crippen LogP contribution in [0.3, 0.4) is 0 Å². The molecule has 0 fully saturated rings. The molecular weight excluding hydrogens is 1230 g/mol. The van der Waals surface area contributed by atoms with Crippen LogP contribution in [-0.2, 0) is 0 Å². The molecular formula is C52H46Cl12N8O4. The molecule has 2 aliphatic rings. The second-order valence-electron chi connectivity index (χ2n) is 17.9. The molecule has 3 aromatic heterocycles. The molecule has 0 amide bonds. The number of aromatic amines is 2. The van der Waals surface area contributed by atoms with Crippen molar-refractivity contribution in [2.75, 3.05) is 26.4 Å². The van der Waals surface area contributed by atoms with Gasteiger partial charge in [-0.3, -0.25) is 0 Å². The quantitative estimate of drug-likeness (QED) is 0.0559. The molecule has 0 aliphatic carbocycles. The molecule has 0 spiro atoms. The number of hydrogen-bond donors (Lipinski definition) is 2. The molecule has 4 aromatic carbocycles. The fourth-order valence-corrected chi connectivity index (χ4v) is 12.4. The Morgan fingerprint density at radius 2 is 0.513 bits per heavy atom. The number of nitrogens with zero attached hydrogens (tertiary/aromatic N) is 6. The molecule has 7 aromatic rings. The third kappa shape index (κ3) is 10.6. The molecule has 2 aliphatic heterocycles. The van der Waals surface area contributed by atoms with Crippen molar-refractivity contribution in [3.63, 3.8) is 0 Å². The van der Waals surface area contributed by atoms with Gasteiger partial charge < -0.3 is 28.9 Å². The maximum atomic E-state index is 7.38. The Morgan fingerprint density at radius 3 is 0.789 bits per heavy atom. The van der Waals surface area contributed by atoms with Gasteiger partial charge in [0.2, 0.25) is 0 Å². The summed E-state index contributed by atoms with van der Waals surface area (Å²) in [5.41, 5.74) is 1.20. The average molecular weight is 1270 g/mol. The van der Waals surface area contributed by atoms with Crippen LogP contribution in [0.1, 0.15) is 105 Å². The number of benzene rings is 4. The van der Waals surface area contributed by atoms with E-state index in [1.807, 2.05) is 0 Å². The number of rotatable bonds is 20. The summed E-state index contributed by atoms with van der Waals surface area (Å²) >= 11 is 86.8. The van der Waals surface area contributed by atoms with E-state index in [9.17, 15) is 0 Å². The second kappa shape index (κ2) is 24.7. The Kier molecular flexibility index (Phi) is 18.8. The van der Waals surface area contributed by atoms with Crippen LogP contribution in [0.25, 0.3) is 89.7 Å². The van der Waals surface area contributed by atoms with E-state index in [2.05, 4.69) is 37.7 Å².